The highest BCUT2D eigenvalue weighted by atomic mass is 35.5. The van der Waals surface area contributed by atoms with Gasteiger partial charge in [0.25, 0.3) is 0 Å². The Morgan fingerprint density at radius 1 is 1.03 bits per heavy atom. The van der Waals surface area contributed by atoms with Crippen LogP contribution in [0.15, 0.2) is 66.7 Å². The summed E-state index contributed by atoms with van der Waals surface area (Å²) in [5.41, 5.74) is 1.92. The zero-order valence-electron chi connectivity index (χ0n) is 18.9. The van der Waals surface area contributed by atoms with Crippen molar-refractivity contribution in [2.75, 3.05) is 0 Å². The second kappa shape index (κ2) is 10.2. The van der Waals surface area contributed by atoms with Crippen molar-refractivity contribution < 1.29 is 13.9 Å². The molecule has 3 aromatic rings. The van der Waals surface area contributed by atoms with Gasteiger partial charge in [0.05, 0.1) is 23.3 Å². The fourth-order valence-electron chi connectivity index (χ4n) is 4.81. The molecular weight excluding hydrogens is 454 g/mol. The Hall–Kier alpha value is -2.78. The van der Waals surface area contributed by atoms with Crippen molar-refractivity contribution in [1.29, 1.82) is 5.26 Å². The number of hydrogen-bond donors (Lipinski definition) is 2. The molecule has 1 aliphatic carbocycles. The van der Waals surface area contributed by atoms with Crippen molar-refractivity contribution in [2.45, 2.75) is 56.2 Å². The predicted octanol–water partition coefficient (Wildman–Crippen LogP) is 6.45. The minimum atomic E-state index is -1.08. The molecule has 0 aromatic heterocycles. The lowest BCUT2D eigenvalue weighted by atomic mass is 9.71. The molecule has 2 unspecified atom stereocenters. The van der Waals surface area contributed by atoms with Crippen LogP contribution < -0.4 is 5.32 Å². The highest BCUT2D eigenvalue weighted by Gasteiger charge is 2.44. The Morgan fingerprint density at radius 3 is 2.29 bits per heavy atom. The van der Waals surface area contributed by atoms with Crippen LogP contribution in [-0.4, -0.2) is 16.7 Å². The fraction of sp³-hybridized carbons (Fsp3) is 0.321. The molecule has 34 heavy (non-hydrogen) atoms. The van der Waals surface area contributed by atoms with Crippen LogP contribution in [0.2, 0.25) is 5.02 Å². The highest BCUT2D eigenvalue weighted by Crippen LogP contribution is 2.43. The molecule has 0 aliphatic heterocycles. The maximum Gasteiger partial charge on any atom is 0.126 e. The van der Waals surface area contributed by atoms with Gasteiger partial charge < -0.3 is 10.4 Å². The van der Waals surface area contributed by atoms with Crippen LogP contribution in [0.1, 0.15) is 60.4 Å². The van der Waals surface area contributed by atoms with Gasteiger partial charge in [0.1, 0.15) is 11.6 Å². The van der Waals surface area contributed by atoms with Gasteiger partial charge in [-0.15, -0.1) is 0 Å². The molecule has 0 amide bonds. The van der Waals surface area contributed by atoms with Gasteiger partial charge in [-0.1, -0.05) is 35.9 Å². The Balaban J connectivity index is 1.69. The third-order valence-corrected chi connectivity index (χ3v) is 7.07. The zero-order valence-corrected chi connectivity index (χ0v) is 19.7. The van der Waals surface area contributed by atoms with E-state index in [9.17, 15) is 19.1 Å². The number of rotatable bonds is 8. The van der Waals surface area contributed by atoms with E-state index < -0.39 is 23.3 Å². The monoisotopic (exact) mass is 480 g/mol. The van der Waals surface area contributed by atoms with E-state index in [1.165, 1.54) is 12.1 Å². The Kier molecular flexibility index (Phi) is 7.33. The first kappa shape index (κ1) is 24.3. The smallest absolute Gasteiger partial charge is 0.126 e. The Labute approximate surface area is 204 Å². The van der Waals surface area contributed by atoms with Crippen LogP contribution in [0.3, 0.4) is 0 Å². The largest absolute Gasteiger partial charge is 0.388 e. The summed E-state index contributed by atoms with van der Waals surface area (Å²) < 4.78 is 28.1. The molecule has 2 N–H and O–H groups in total. The molecule has 0 spiro atoms. The normalized spacial score (nSPS) is 17.3. The Bertz CT molecular complexity index is 1170. The number of hydrogen-bond acceptors (Lipinski definition) is 3. The standard InChI is InChI=1S/C28H27ClF2N2O/c1-18(33-27(28(34)10-3-11-28)22-14-24(30)16-25(31)15-22)26(13-19-6-8-23(29)9-7-19)21-5-2-4-20(12-21)17-32/h2,4-9,12,14-16,18,26-27,33-34H,3,10-11,13H2,1H3/t18?,26?,27-/m0/s1. The van der Waals surface area contributed by atoms with Crippen LogP contribution >= 0.6 is 11.6 Å². The lowest BCUT2D eigenvalue weighted by Crippen LogP contribution is -2.52. The summed E-state index contributed by atoms with van der Waals surface area (Å²) in [5.74, 6) is -1.41. The molecule has 1 saturated carbocycles. The van der Waals surface area contributed by atoms with Crippen molar-refractivity contribution >= 4 is 11.6 Å². The third-order valence-electron chi connectivity index (χ3n) is 6.82. The molecule has 176 valence electrons. The second-order valence-electron chi connectivity index (χ2n) is 9.22. The van der Waals surface area contributed by atoms with Crippen LogP contribution in [-0.2, 0) is 6.42 Å². The lowest BCUT2D eigenvalue weighted by molar-refractivity contribution is -0.0695. The molecule has 4 rings (SSSR count). The number of nitrogens with one attached hydrogen (secondary N) is 1. The first-order valence-electron chi connectivity index (χ1n) is 11.5. The molecule has 1 aliphatic rings. The van der Waals surface area contributed by atoms with Gasteiger partial charge in [-0.05, 0) is 85.7 Å². The van der Waals surface area contributed by atoms with Gasteiger partial charge in [-0.3, -0.25) is 0 Å². The lowest BCUT2D eigenvalue weighted by Gasteiger charge is -2.45. The summed E-state index contributed by atoms with van der Waals surface area (Å²) in [6.07, 6.45) is 2.63. The van der Waals surface area contributed by atoms with E-state index in [0.717, 1.165) is 23.6 Å². The van der Waals surface area contributed by atoms with Crippen molar-refractivity contribution in [1.82, 2.24) is 5.32 Å². The summed E-state index contributed by atoms with van der Waals surface area (Å²) in [5, 5.41) is 24.8. The third kappa shape index (κ3) is 5.47. The molecule has 0 bridgehead atoms. The topological polar surface area (TPSA) is 56.0 Å². The van der Waals surface area contributed by atoms with Gasteiger partial charge in [-0.25, -0.2) is 8.78 Å². The van der Waals surface area contributed by atoms with E-state index in [1.54, 1.807) is 6.07 Å². The summed E-state index contributed by atoms with van der Waals surface area (Å²) in [7, 11) is 0. The maximum absolute atomic E-state index is 14.1. The fourth-order valence-corrected chi connectivity index (χ4v) is 4.93. The molecule has 3 atom stereocenters. The summed E-state index contributed by atoms with van der Waals surface area (Å²) in [4.78, 5) is 0. The second-order valence-corrected chi connectivity index (χ2v) is 9.66. The van der Waals surface area contributed by atoms with Gasteiger partial charge in [0, 0.05) is 23.0 Å². The zero-order chi connectivity index (χ0) is 24.3. The number of halogens is 3. The van der Waals surface area contributed by atoms with Crippen molar-refractivity contribution in [2.24, 2.45) is 0 Å². The SMILES string of the molecule is CC(N[C@@H](c1cc(F)cc(F)c1)C1(O)CCC1)C(Cc1ccc(Cl)cc1)c1cccc(C#N)c1. The first-order valence-corrected chi connectivity index (χ1v) is 11.8. The van der Waals surface area contributed by atoms with Gasteiger partial charge in [0.15, 0.2) is 0 Å². The van der Waals surface area contributed by atoms with Crippen molar-refractivity contribution in [3.63, 3.8) is 0 Å². The van der Waals surface area contributed by atoms with Gasteiger partial charge in [0.2, 0.25) is 0 Å². The van der Waals surface area contributed by atoms with Crippen LogP contribution in [0.25, 0.3) is 0 Å². The van der Waals surface area contributed by atoms with Crippen LogP contribution in [0.4, 0.5) is 8.78 Å². The molecule has 0 radical (unpaired) electrons. The highest BCUT2D eigenvalue weighted by molar-refractivity contribution is 6.30. The van der Waals surface area contributed by atoms with Gasteiger partial charge >= 0.3 is 0 Å². The average Bonchev–Trinajstić information content (AvgIpc) is 2.80. The molecule has 1 fully saturated rings. The molecule has 0 saturated heterocycles. The minimum absolute atomic E-state index is 0.0703. The molecule has 6 heteroatoms. The average molecular weight is 481 g/mol. The molecular formula is C28H27ClF2N2O. The van der Waals surface area contributed by atoms with Crippen molar-refractivity contribution in [3.8, 4) is 6.07 Å². The summed E-state index contributed by atoms with van der Waals surface area (Å²) in [6, 6.07) is 19.9. The predicted molar refractivity (Wildman–Crippen MR) is 130 cm³/mol. The van der Waals surface area contributed by atoms with Crippen molar-refractivity contribution in [3.05, 3.63) is 106 Å². The molecule has 3 nitrogen and oxygen atoms in total. The number of nitrogens with zero attached hydrogens (tertiary/aromatic N) is 1. The minimum Gasteiger partial charge on any atom is -0.388 e. The molecule has 0 heterocycles. The van der Waals surface area contributed by atoms with E-state index in [4.69, 9.17) is 11.6 Å². The van der Waals surface area contributed by atoms with E-state index >= 15 is 0 Å². The van der Waals surface area contributed by atoms with Crippen LogP contribution in [0, 0.1) is 23.0 Å². The number of aliphatic hydroxyl groups is 1. The van der Waals surface area contributed by atoms with Gasteiger partial charge in [-0.2, -0.15) is 5.26 Å². The number of nitriles is 1. The summed E-state index contributed by atoms with van der Waals surface area (Å²) >= 11 is 6.06. The van der Waals surface area contributed by atoms with Crippen LogP contribution in [0.5, 0.6) is 0 Å². The Morgan fingerprint density at radius 2 is 1.71 bits per heavy atom. The summed E-state index contributed by atoms with van der Waals surface area (Å²) in [6.45, 7) is 2.00. The van der Waals surface area contributed by atoms with E-state index in [0.29, 0.717) is 35.4 Å². The molecule has 3 aromatic carbocycles. The van der Waals surface area contributed by atoms with E-state index in [2.05, 4.69) is 11.4 Å². The van der Waals surface area contributed by atoms with E-state index in [-0.39, 0.29) is 12.0 Å². The number of benzene rings is 3. The first-order chi connectivity index (χ1) is 16.3. The quantitative estimate of drug-likeness (QED) is 0.389. The maximum atomic E-state index is 14.1. The van der Waals surface area contributed by atoms with E-state index in [1.807, 2.05) is 49.4 Å².